The van der Waals surface area contributed by atoms with Crippen LogP contribution in [0.4, 0.5) is 0 Å². The zero-order valence-corrected chi connectivity index (χ0v) is 14.9. The molecule has 3 rings (SSSR count). The van der Waals surface area contributed by atoms with Crippen LogP contribution in [-0.4, -0.2) is 33.0 Å². The molecular formula is C17H16BrN5O2. The van der Waals surface area contributed by atoms with Crippen molar-refractivity contribution < 1.29 is 9.53 Å². The van der Waals surface area contributed by atoms with Crippen LogP contribution in [-0.2, 0) is 0 Å². The third-order valence-electron chi connectivity index (χ3n) is 4.06. The minimum atomic E-state index is -0.148. The fraction of sp³-hybridized carbons (Fsp3) is 0.353. The van der Waals surface area contributed by atoms with Crippen LogP contribution in [0.25, 0.3) is 0 Å². The Kier molecular flexibility index (Phi) is 5.56. The highest BCUT2D eigenvalue weighted by Crippen LogP contribution is 2.26. The molecule has 1 N–H and O–H groups in total. The number of nitrogens with one attached hydrogen (secondary N) is 1. The number of hydrogen-bond acceptors (Lipinski definition) is 6. The summed E-state index contributed by atoms with van der Waals surface area (Å²) in [6.07, 6.45) is 9.42. The van der Waals surface area contributed by atoms with Crippen molar-refractivity contribution in [3.05, 3.63) is 46.7 Å². The molecule has 128 valence electrons. The van der Waals surface area contributed by atoms with E-state index in [-0.39, 0.29) is 18.1 Å². The number of hydrogen-bond donors (Lipinski definition) is 1. The fourth-order valence-electron chi connectivity index (χ4n) is 2.77. The molecule has 2 aromatic rings. The van der Waals surface area contributed by atoms with Crippen molar-refractivity contribution in [3.8, 4) is 11.8 Å². The lowest BCUT2D eigenvalue weighted by Gasteiger charge is -2.29. The smallest absolute Gasteiger partial charge is 0.254 e. The number of nitrogens with zero attached hydrogens (tertiary/aromatic N) is 4. The van der Waals surface area contributed by atoms with Crippen molar-refractivity contribution in [3.63, 3.8) is 0 Å². The lowest BCUT2D eigenvalue weighted by molar-refractivity contribution is 0.0893. The number of ether oxygens (including phenoxy) is 1. The maximum absolute atomic E-state index is 12.1. The van der Waals surface area contributed by atoms with Crippen molar-refractivity contribution in [2.45, 2.75) is 37.8 Å². The van der Waals surface area contributed by atoms with Gasteiger partial charge in [-0.2, -0.15) is 5.26 Å². The van der Waals surface area contributed by atoms with E-state index in [9.17, 15) is 4.79 Å². The largest absolute Gasteiger partial charge is 0.489 e. The molecule has 2 aromatic heterocycles. The zero-order chi connectivity index (χ0) is 17.6. The van der Waals surface area contributed by atoms with Crippen molar-refractivity contribution in [2.24, 2.45) is 0 Å². The zero-order valence-electron chi connectivity index (χ0n) is 13.4. The Morgan fingerprint density at radius 2 is 1.96 bits per heavy atom. The molecule has 1 fully saturated rings. The van der Waals surface area contributed by atoms with Crippen molar-refractivity contribution >= 4 is 21.8 Å². The molecule has 7 nitrogen and oxygen atoms in total. The summed E-state index contributed by atoms with van der Waals surface area (Å²) >= 11 is 3.31. The lowest BCUT2D eigenvalue weighted by atomic mass is 9.92. The summed E-state index contributed by atoms with van der Waals surface area (Å²) in [7, 11) is 0. The Labute approximate surface area is 153 Å². The van der Waals surface area contributed by atoms with Crippen LogP contribution in [0.5, 0.6) is 5.75 Å². The lowest BCUT2D eigenvalue weighted by Crippen LogP contribution is -2.39. The minimum Gasteiger partial charge on any atom is -0.489 e. The van der Waals surface area contributed by atoms with Crippen molar-refractivity contribution in [2.75, 3.05) is 0 Å². The number of pyridine rings is 1. The van der Waals surface area contributed by atoms with E-state index in [2.05, 4.69) is 36.2 Å². The molecule has 0 aromatic carbocycles. The Bertz CT molecular complexity index is 785. The molecule has 0 unspecified atom stereocenters. The summed E-state index contributed by atoms with van der Waals surface area (Å²) in [6, 6.07) is 3.88. The first-order valence-corrected chi connectivity index (χ1v) is 8.73. The monoisotopic (exact) mass is 401 g/mol. The van der Waals surface area contributed by atoms with Crippen LogP contribution >= 0.6 is 15.9 Å². The van der Waals surface area contributed by atoms with Crippen LogP contribution in [0.15, 0.2) is 35.5 Å². The Balaban J connectivity index is 1.50. The molecule has 1 aliphatic rings. The summed E-state index contributed by atoms with van der Waals surface area (Å²) in [6.45, 7) is 0. The molecule has 8 heteroatoms. The maximum Gasteiger partial charge on any atom is 0.254 e. The van der Waals surface area contributed by atoms with Crippen LogP contribution in [0, 0.1) is 11.3 Å². The fourth-order valence-corrected chi connectivity index (χ4v) is 3.19. The van der Waals surface area contributed by atoms with Gasteiger partial charge in [0.1, 0.15) is 18.1 Å². The highest BCUT2D eigenvalue weighted by Gasteiger charge is 2.24. The van der Waals surface area contributed by atoms with Gasteiger partial charge in [0.2, 0.25) is 0 Å². The topological polar surface area (TPSA) is 101 Å². The van der Waals surface area contributed by atoms with E-state index >= 15 is 0 Å². The number of carbonyl (C=O) groups excluding carboxylic acids is 1. The molecule has 1 saturated carbocycles. The second-order valence-electron chi connectivity index (χ2n) is 5.81. The average molecular weight is 402 g/mol. The third-order valence-corrected chi connectivity index (χ3v) is 4.66. The predicted octanol–water partition coefficient (Wildman–Crippen LogP) is 2.63. The molecule has 0 saturated heterocycles. The van der Waals surface area contributed by atoms with Gasteiger partial charge >= 0.3 is 0 Å². The number of nitriles is 1. The summed E-state index contributed by atoms with van der Waals surface area (Å²) < 4.78 is 6.56. The second kappa shape index (κ2) is 8.03. The SMILES string of the molecule is N#Cc1ncc(OC2CCC(NC(=O)c3cncnc3)CC2)cc1Br. The third kappa shape index (κ3) is 4.51. The van der Waals surface area contributed by atoms with Crippen LogP contribution in [0.2, 0.25) is 0 Å². The first-order valence-electron chi connectivity index (χ1n) is 7.94. The maximum atomic E-state index is 12.1. The first kappa shape index (κ1) is 17.3. The quantitative estimate of drug-likeness (QED) is 0.844. The first-order chi connectivity index (χ1) is 12.2. The summed E-state index contributed by atoms with van der Waals surface area (Å²) in [4.78, 5) is 23.9. The molecule has 25 heavy (non-hydrogen) atoms. The summed E-state index contributed by atoms with van der Waals surface area (Å²) in [5.41, 5.74) is 0.804. The van der Waals surface area contributed by atoms with Gasteiger partial charge in [-0.15, -0.1) is 0 Å². The summed E-state index contributed by atoms with van der Waals surface area (Å²) in [5, 5.41) is 11.9. The average Bonchev–Trinajstić information content (AvgIpc) is 2.64. The van der Waals surface area contributed by atoms with Gasteiger partial charge < -0.3 is 10.1 Å². The Morgan fingerprint density at radius 3 is 2.60 bits per heavy atom. The van der Waals surface area contributed by atoms with Crippen molar-refractivity contribution in [1.29, 1.82) is 5.26 Å². The van der Waals surface area contributed by atoms with Crippen molar-refractivity contribution in [1.82, 2.24) is 20.3 Å². The molecule has 1 amide bonds. The van der Waals surface area contributed by atoms with Gasteiger partial charge in [-0.05, 0) is 47.7 Å². The normalized spacial score (nSPS) is 19.7. The van der Waals surface area contributed by atoms with E-state index in [1.54, 1.807) is 12.3 Å². The van der Waals surface area contributed by atoms with Crippen LogP contribution in [0.1, 0.15) is 41.7 Å². The van der Waals surface area contributed by atoms with Gasteiger partial charge in [0.25, 0.3) is 5.91 Å². The molecular weight excluding hydrogens is 386 g/mol. The van der Waals surface area contributed by atoms with Gasteiger partial charge in [-0.25, -0.2) is 15.0 Å². The van der Waals surface area contributed by atoms with E-state index in [0.717, 1.165) is 25.7 Å². The Morgan fingerprint density at radius 1 is 1.24 bits per heavy atom. The van der Waals surface area contributed by atoms with Gasteiger partial charge in [0.15, 0.2) is 5.69 Å². The van der Waals surface area contributed by atoms with Crippen LogP contribution < -0.4 is 10.1 Å². The van der Waals surface area contributed by atoms with E-state index in [0.29, 0.717) is 21.5 Å². The standard InChI is InChI=1S/C17H16BrN5O2/c18-15-5-14(9-22-16(15)6-19)25-13-3-1-12(2-4-13)23-17(24)11-7-20-10-21-8-11/h5,7-10,12-13H,1-4H2,(H,23,24). The molecule has 1 aliphatic carbocycles. The van der Waals surface area contributed by atoms with E-state index < -0.39 is 0 Å². The number of carbonyl (C=O) groups is 1. The van der Waals surface area contributed by atoms with E-state index in [1.807, 2.05) is 6.07 Å². The predicted molar refractivity (Wildman–Crippen MR) is 92.8 cm³/mol. The number of amides is 1. The number of rotatable bonds is 4. The van der Waals surface area contributed by atoms with Gasteiger partial charge in [-0.3, -0.25) is 4.79 Å². The number of aromatic nitrogens is 3. The highest BCUT2D eigenvalue weighted by molar-refractivity contribution is 9.10. The minimum absolute atomic E-state index is 0.0786. The van der Waals surface area contributed by atoms with Gasteiger partial charge in [0, 0.05) is 18.4 Å². The highest BCUT2D eigenvalue weighted by atomic mass is 79.9. The van der Waals surface area contributed by atoms with E-state index in [4.69, 9.17) is 10.00 Å². The molecule has 0 aliphatic heterocycles. The number of halogens is 1. The second-order valence-corrected chi connectivity index (χ2v) is 6.66. The molecule has 0 atom stereocenters. The van der Waals surface area contributed by atoms with Gasteiger partial charge in [-0.1, -0.05) is 0 Å². The summed E-state index contributed by atoms with van der Waals surface area (Å²) in [5.74, 6) is 0.491. The molecule has 0 bridgehead atoms. The van der Waals surface area contributed by atoms with Crippen LogP contribution in [0.3, 0.4) is 0 Å². The molecule has 0 spiro atoms. The Hall–Kier alpha value is -2.53. The molecule has 2 heterocycles. The van der Waals surface area contributed by atoms with Gasteiger partial charge in [0.05, 0.1) is 22.3 Å². The van der Waals surface area contributed by atoms with E-state index in [1.165, 1.54) is 18.7 Å². The molecule has 0 radical (unpaired) electrons.